The third-order valence-electron chi connectivity index (χ3n) is 4.12. The molecule has 0 aliphatic carbocycles. The van der Waals surface area contributed by atoms with Gasteiger partial charge in [0.25, 0.3) is 11.8 Å². The summed E-state index contributed by atoms with van der Waals surface area (Å²) in [7, 11) is 3.83. The number of aliphatic carboxylic acids is 1. The van der Waals surface area contributed by atoms with E-state index in [4.69, 9.17) is 10.8 Å². The minimum atomic E-state index is -1.30. The molecule has 2 aromatic rings. The molecule has 7 heteroatoms. The van der Waals surface area contributed by atoms with Gasteiger partial charge >= 0.3 is 5.97 Å². The zero-order valence-corrected chi connectivity index (χ0v) is 13.3. The Morgan fingerprint density at radius 2 is 1.71 bits per heavy atom. The number of carboxylic acid groups (broad SMARTS) is 1. The lowest BCUT2D eigenvalue weighted by Crippen LogP contribution is -2.45. The van der Waals surface area contributed by atoms with Crippen molar-refractivity contribution in [2.24, 2.45) is 5.73 Å². The van der Waals surface area contributed by atoms with Gasteiger partial charge in [0.05, 0.1) is 17.7 Å². The SMILES string of the molecule is CN(C)c1ccc2cc3c(cc2c1)C(=O)N(C[C@H](N)C(=O)O)C3=O. The normalized spacial score (nSPS) is 14.9. The molecule has 0 spiro atoms. The number of hydrogen-bond donors (Lipinski definition) is 2. The van der Waals surface area contributed by atoms with Crippen molar-refractivity contribution in [1.82, 2.24) is 4.90 Å². The van der Waals surface area contributed by atoms with Crippen LogP contribution in [0, 0.1) is 0 Å². The smallest absolute Gasteiger partial charge is 0.322 e. The first-order valence-electron chi connectivity index (χ1n) is 7.39. The summed E-state index contributed by atoms with van der Waals surface area (Å²) in [6, 6.07) is 7.77. The molecule has 1 aliphatic heterocycles. The number of imide groups is 1. The summed E-state index contributed by atoms with van der Waals surface area (Å²) in [6.07, 6.45) is 0. The van der Waals surface area contributed by atoms with Crippen molar-refractivity contribution in [3.63, 3.8) is 0 Å². The average molecular weight is 327 g/mol. The van der Waals surface area contributed by atoms with Gasteiger partial charge < -0.3 is 15.7 Å². The fraction of sp³-hybridized carbons (Fsp3) is 0.235. The molecule has 3 rings (SSSR count). The summed E-state index contributed by atoms with van der Waals surface area (Å²) in [4.78, 5) is 38.6. The molecule has 1 aliphatic rings. The van der Waals surface area contributed by atoms with Crippen LogP contribution in [0.5, 0.6) is 0 Å². The first kappa shape index (κ1) is 15.9. The number of carbonyl (C=O) groups excluding carboxylic acids is 2. The quantitative estimate of drug-likeness (QED) is 0.809. The highest BCUT2D eigenvalue weighted by Gasteiger charge is 2.37. The molecule has 124 valence electrons. The molecule has 0 aromatic heterocycles. The largest absolute Gasteiger partial charge is 0.480 e. The van der Waals surface area contributed by atoms with Crippen LogP contribution in [-0.4, -0.2) is 54.5 Å². The van der Waals surface area contributed by atoms with E-state index < -0.39 is 23.8 Å². The van der Waals surface area contributed by atoms with Crippen molar-refractivity contribution in [2.75, 3.05) is 25.5 Å². The first-order chi connectivity index (χ1) is 11.3. The molecule has 2 amide bonds. The number of carboxylic acids is 1. The molecule has 24 heavy (non-hydrogen) atoms. The number of nitrogens with two attached hydrogens (primary N) is 1. The molecule has 0 saturated carbocycles. The standard InChI is InChI=1S/C17H17N3O4/c1-19(2)11-4-3-9-6-12-13(7-10(9)5-11)16(22)20(15(12)21)8-14(18)17(23)24/h3-7,14H,8,18H2,1-2H3,(H,23,24)/t14-/m0/s1. The van der Waals surface area contributed by atoms with Gasteiger partial charge in [0, 0.05) is 19.8 Å². The predicted octanol–water partition coefficient (Wildman–Crippen LogP) is 0.914. The maximum Gasteiger partial charge on any atom is 0.322 e. The summed E-state index contributed by atoms with van der Waals surface area (Å²) < 4.78 is 0. The zero-order chi connectivity index (χ0) is 17.6. The zero-order valence-electron chi connectivity index (χ0n) is 13.3. The summed E-state index contributed by atoms with van der Waals surface area (Å²) >= 11 is 0. The lowest BCUT2D eigenvalue weighted by molar-refractivity contribution is -0.138. The Kier molecular flexibility index (Phi) is 3.73. The van der Waals surface area contributed by atoms with Gasteiger partial charge in [-0.15, -0.1) is 0 Å². The minimum absolute atomic E-state index is 0.279. The van der Waals surface area contributed by atoms with E-state index in [2.05, 4.69) is 0 Å². The number of benzene rings is 2. The van der Waals surface area contributed by atoms with Gasteiger partial charge in [0.15, 0.2) is 0 Å². The van der Waals surface area contributed by atoms with Gasteiger partial charge in [-0.3, -0.25) is 19.3 Å². The monoisotopic (exact) mass is 327 g/mol. The Balaban J connectivity index is 2.04. The van der Waals surface area contributed by atoms with Crippen LogP contribution in [0.15, 0.2) is 30.3 Å². The van der Waals surface area contributed by atoms with E-state index >= 15 is 0 Å². The van der Waals surface area contributed by atoms with Crippen molar-refractivity contribution in [3.8, 4) is 0 Å². The highest BCUT2D eigenvalue weighted by Crippen LogP contribution is 2.30. The van der Waals surface area contributed by atoms with Crippen LogP contribution in [0.2, 0.25) is 0 Å². The maximum atomic E-state index is 12.5. The van der Waals surface area contributed by atoms with E-state index in [1.54, 1.807) is 12.1 Å². The number of hydrogen-bond acceptors (Lipinski definition) is 5. The molecule has 0 unspecified atom stereocenters. The van der Waals surface area contributed by atoms with Gasteiger partial charge in [0.2, 0.25) is 0 Å². The fourth-order valence-corrected chi connectivity index (χ4v) is 2.74. The molecule has 1 atom stereocenters. The molecule has 1 heterocycles. The maximum absolute atomic E-state index is 12.5. The first-order valence-corrected chi connectivity index (χ1v) is 7.39. The third-order valence-corrected chi connectivity index (χ3v) is 4.12. The summed E-state index contributed by atoms with van der Waals surface area (Å²) in [6.45, 7) is -0.346. The molecule has 0 bridgehead atoms. The van der Waals surface area contributed by atoms with Crippen molar-refractivity contribution in [2.45, 2.75) is 6.04 Å². The molecule has 2 aromatic carbocycles. The van der Waals surface area contributed by atoms with E-state index in [9.17, 15) is 14.4 Å². The number of rotatable bonds is 4. The highest BCUT2D eigenvalue weighted by atomic mass is 16.4. The van der Waals surface area contributed by atoms with E-state index in [-0.39, 0.29) is 17.7 Å². The van der Waals surface area contributed by atoms with Crippen molar-refractivity contribution in [3.05, 3.63) is 41.5 Å². The molecule has 0 radical (unpaired) electrons. The Bertz CT molecular complexity index is 876. The molecule has 3 N–H and O–H groups in total. The van der Waals surface area contributed by atoms with E-state index in [1.807, 2.05) is 37.2 Å². The van der Waals surface area contributed by atoms with Gasteiger partial charge in [-0.1, -0.05) is 6.07 Å². The summed E-state index contributed by atoms with van der Waals surface area (Å²) in [5.74, 6) is -2.28. The topological polar surface area (TPSA) is 104 Å². The predicted molar refractivity (Wildman–Crippen MR) is 89.3 cm³/mol. The number of carbonyl (C=O) groups is 3. The van der Waals surface area contributed by atoms with Crippen molar-refractivity contribution >= 4 is 34.2 Å². The molecular formula is C17H17N3O4. The highest BCUT2D eigenvalue weighted by molar-refractivity contribution is 6.23. The van der Waals surface area contributed by atoms with E-state index in [0.717, 1.165) is 21.4 Å². The lowest BCUT2D eigenvalue weighted by atomic mass is 10.0. The second-order valence-electron chi connectivity index (χ2n) is 5.99. The van der Waals surface area contributed by atoms with Gasteiger partial charge in [0.1, 0.15) is 6.04 Å². The third kappa shape index (κ3) is 2.48. The molecule has 0 fully saturated rings. The van der Waals surface area contributed by atoms with Gasteiger partial charge in [-0.25, -0.2) is 0 Å². The number of amides is 2. The van der Waals surface area contributed by atoms with Gasteiger partial charge in [-0.2, -0.15) is 0 Å². The molecule has 0 saturated heterocycles. The number of anilines is 1. The van der Waals surface area contributed by atoms with Crippen LogP contribution in [-0.2, 0) is 4.79 Å². The van der Waals surface area contributed by atoms with Crippen molar-refractivity contribution in [1.29, 1.82) is 0 Å². The second kappa shape index (κ2) is 5.61. The number of fused-ring (bicyclic) bond motifs is 2. The molecule has 7 nitrogen and oxygen atoms in total. The van der Waals surface area contributed by atoms with Crippen LogP contribution in [0.25, 0.3) is 10.8 Å². The van der Waals surface area contributed by atoms with Crippen LogP contribution in [0.3, 0.4) is 0 Å². The second-order valence-corrected chi connectivity index (χ2v) is 5.99. The Labute approximate surface area is 138 Å². The summed E-state index contributed by atoms with van der Waals surface area (Å²) in [5, 5.41) is 10.6. The van der Waals surface area contributed by atoms with Crippen LogP contribution in [0.4, 0.5) is 5.69 Å². The van der Waals surface area contributed by atoms with Crippen molar-refractivity contribution < 1.29 is 19.5 Å². The number of nitrogens with zero attached hydrogens (tertiary/aromatic N) is 2. The Morgan fingerprint density at radius 1 is 1.12 bits per heavy atom. The lowest BCUT2D eigenvalue weighted by Gasteiger charge is -2.16. The van der Waals surface area contributed by atoms with Crippen LogP contribution < -0.4 is 10.6 Å². The fourth-order valence-electron chi connectivity index (χ4n) is 2.74. The Morgan fingerprint density at radius 3 is 2.25 bits per heavy atom. The van der Waals surface area contributed by atoms with Crippen LogP contribution in [0.1, 0.15) is 20.7 Å². The molecular weight excluding hydrogens is 310 g/mol. The average Bonchev–Trinajstić information content (AvgIpc) is 2.76. The summed E-state index contributed by atoms with van der Waals surface area (Å²) in [5.41, 5.74) is 6.99. The van der Waals surface area contributed by atoms with E-state index in [0.29, 0.717) is 0 Å². The van der Waals surface area contributed by atoms with E-state index in [1.165, 1.54) is 0 Å². The Hall–Kier alpha value is -2.93. The van der Waals surface area contributed by atoms with Gasteiger partial charge in [-0.05, 0) is 35.0 Å². The van der Waals surface area contributed by atoms with Crippen LogP contribution >= 0.6 is 0 Å². The minimum Gasteiger partial charge on any atom is -0.480 e.